The summed E-state index contributed by atoms with van der Waals surface area (Å²) in [4.78, 5) is 8.56. The van der Waals surface area contributed by atoms with Gasteiger partial charge in [-0.15, -0.1) is 0 Å². The molecule has 0 atom stereocenters. The van der Waals surface area contributed by atoms with E-state index in [-0.39, 0.29) is 0 Å². The van der Waals surface area contributed by atoms with Gasteiger partial charge in [-0.1, -0.05) is 0 Å². The molecule has 2 aromatic rings. The quantitative estimate of drug-likeness (QED) is 0.943. The number of fused-ring (bicyclic) bond motifs is 1. The van der Waals surface area contributed by atoms with E-state index in [2.05, 4.69) is 42.7 Å². The minimum atomic E-state index is 0.609. The van der Waals surface area contributed by atoms with Gasteiger partial charge < -0.3 is 14.6 Å². The zero-order chi connectivity index (χ0) is 13.2. The number of imidazole rings is 1. The molecule has 0 fully saturated rings. The van der Waals surface area contributed by atoms with Crippen molar-refractivity contribution in [3.8, 4) is 0 Å². The first-order valence-corrected chi connectivity index (χ1v) is 7.00. The Hall–Kier alpha value is -1.40. The minimum Gasteiger partial charge on any atom is -0.378 e. The number of rotatable bonds is 3. The van der Waals surface area contributed by atoms with Gasteiger partial charge in [0.2, 0.25) is 0 Å². The Morgan fingerprint density at radius 3 is 3.21 bits per heavy atom. The Kier molecular flexibility index (Phi) is 3.52. The van der Waals surface area contributed by atoms with Gasteiger partial charge >= 0.3 is 0 Å². The average molecular weight is 323 g/mol. The molecular weight excluding hydrogens is 308 g/mol. The maximum atomic E-state index is 5.39. The number of nitrogens with zero attached hydrogens (tertiary/aromatic N) is 3. The molecule has 1 aliphatic heterocycles. The summed E-state index contributed by atoms with van der Waals surface area (Å²) in [6.45, 7) is 5.05. The molecule has 0 saturated heterocycles. The van der Waals surface area contributed by atoms with Crippen LogP contribution in [0.5, 0.6) is 0 Å². The molecule has 3 rings (SSSR count). The summed E-state index contributed by atoms with van der Waals surface area (Å²) in [5, 5.41) is 3.41. The Balaban J connectivity index is 1.76. The van der Waals surface area contributed by atoms with Crippen LogP contribution in [0.4, 0.5) is 5.69 Å². The number of ether oxygens (including phenoxy) is 1. The number of anilines is 1. The van der Waals surface area contributed by atoms with Crippen LogP contribution in [-0.2, 0) is 24.4 Å². The van der Waals surface area contributed by atoms with Crippen molar-refractivity contribution in [1.29, 1.82) is 0 Å². The highest BCUT2D eigenvalue weighted by molar-refractivity contribution is 9.10. The molecule has 0 radical (unpaired) electrons. The van der Waals surface area contributed by atoms with Gasteiger partial charge in [0.25, 0.3) is 0 Å². The van der Waals surface area contributed by atoms with Crippen molar-refractivity contribution in [3.63, 3.8) is 0 Å². The molecular formula is C13H15BrN4O. The molecule has 0 amide bonds. The third kappa shape index (κ3) is 2.50. The molecule has 0 aromatic carbocycles. The zero-order valence-corrected chi connectivity index (χ0v) is 12.3. The Bertz CT molecular complexity index is 596. The number of pyridine rings is 1. The molecule has 100 valence electrons. The second kappa shape index (κ2) is 5.30. The van der Waals surface area contributed by atoms with Crippen LogP contribution in [-0.4, -0.2) is 21.1 Å². The smallest absolute Gasteiger partial charge is 0.135 e. The first-order valence-electron chi connectivity index (χ1n) is 6.20. The van der Waals surface area contributed by atoms with Gasteiger partial charge in [-0.3, -0.25) is 4.98 Å². The molecule has 3 heterocycles. The predicted molar refractivity (Wildman–Crippen MR) is 75.9 cm³/mol. The standard InChI is InChI=1S/C13H15BrN4O/c1-9-11(14)6-15-7-12(9)16-4-10-5-17-13-8-19-3-2-18(10)13/h5-7,16H,2-4,8H2,1H3. The number of halogens is 1. The van der Waals surface area contributed by atoms with E-state index in [1.165, 1.54) is 5.69 Å². The van der Waals surface area contributed by atoms with Crippen LogP contribution in [0.15, 0.2) is 23.1 Å². The molecule has 0 unspecified atom stereocenters. The normalized spacial score (nSPS) is 14.2. The van der Waals surface area contributed by atoms with E-state index in [4.69, 9.17) is 4.74 Å². The van der Waals surface area contributed by atoms with Gasteiger partial charge in [0.15, 0.2) is 0 Å². The largest absolute Gasteiger partial charge is 0.378 e. The van der Waals surface area contributed by atoms with Crippen LogP contribution in [0.25, 0.3) is 0 Å². The van der Waals surface area contributed by atoms with E-state index < -0.39 is 0 Å². The highest BCUT2D eigenvalue weighted by atomic mass is 79.9. The second-order valence-corrected chi connectivity index (χ2v) is 5.37. The van der Waals surface area contributed by atoms with Crippen molar-refractivity contribution in [2.75, 3.05) is 11.9 Å². The van der Waals surface area contributed by atoms with E-state index >= 15 is 0 Å². The molecule has 0 saturated carbocycles. The van der Waals surface area contributed by atoms with Crippen LogP contribution < -0.4 is 5.32 Å². The van der Waals surface area contributed by atoms with Gasteiger partial charge in [0.05, 0.1) is 36.9 Å². The van der Waals surface area contributed by atoms with E-state index in [1.807, 2.05) is 12.4 Å². The van der Waals surface area contributed by atoms with Gasteiger partial charge in [-0.25, -0.2) is 4.98 Å². The molecule has 1 aliphatic rings. The van der Waals surface area contributed by atoms with Gasteiger partial charge in [-0.2, -0.15) is 0 Å². The fraction of sp³-hybridized carbons (Fsp3) is 0.385. The molecule has 0 bridgehead atoms. The summed E-state index contributed by atoms with van der Waals surface area (Å²) in [6.07, 6.45) is 5.56. The average Bonchev–Trinajstić information content (AvgIpc) is 2.84. The maximum absolute atomic E-state index is 5.39. The molecule has 1 N–H and O–H groups in total. The highest BCUT2D eigenvalue weighted by Crippen LogP contribution is 2.22. The summed E-state index contributed by atoms with van der Waals surface area (Å²) in [5.74, 6) is 1.01. The maximum Gasteiger partial charge on any atom is 0.135 e. The van der Waals surface area contributed by atoms with Gasteiger partial charge in [-0.05, 0) is 28.4 Å². The van der Waals surface area contributed by atoms with Crippen molar-refractivity contribution >= 4 is 21.6 Å². The minimum absolute atomic E-state index is 0.609. The third-order valence-corrected chi connectivity index (χ3v) is 4.12. The summed E-state index contributed by atoms with van der Waals surface area (Å²) in [6, 6.07) is 0. The SMILES string of the molecule is Cc1c(Br)cncc1NCc1cnc2n1CCOC2. The third-order valence-electron chi connectivity index (χ3n) is 3.32. The number of hydrogen-bond acceptors (Lipinski definition) is 4. The van der Waals surface area contributed by atoms with Crippen molar-refractivity contribution in [2.24, 2.45) is 0 Å². The van der Waals surface area contributed by atoms with E-state index in [0.717, 1.165) is 41.2 Å². The molecule has 19 heavy (non-hydrogen) atoms. The fourth-order valence-electron chi connectivity index (χ4n) is 2.17. The van der Waals surface area contributed by atoms with Crippen LogP contribution >= 0.6 is 15.9 Å². The highest BCUT2D eigenvalue weighted by Gasteiger charge is 2.14. The first kappa shape index (κ1) is 12.6. The Morgan fingerprint density at radius 2 is 2.32 bits per heavy atom. The van der Waals surface area contributed by atoms with Crippen LogP contribution in [0.3, 0.4) is 0 Å². The number of hydrogen-bond donors (Lipinski definition) is 1. The van der Waals surface area contributed by atoms with Crippen molar-refractivity contribution in [1.82, 2.24) is 14.5 Å². The molecule has 5 nitrogen and oxygen atoms in total. The van der Waals surface area contributed by atoms with Gasteiger partial charge in [0, 0.05) is 17.2 Å². The Labute approximate surface area is 120 Å². The van der Waals surface area contributed by atoms with Crippen molar-refractivity contribution < 1.29 is 4.74 Å². The lowest BCUT2D eigenvalue weighted by Crippen LogP contribution is -2.19. The first-order chi connectivity index (χ1) is 9.25. The lowest BCUT2D eigenvalue weighted by atomic mass is 10.2. The van der Waals surface area contributed by atoms with E-state index in [0.29, 0.717) is 6.61 Å². The predicted octanol–water partition coefficient (Wildman–Crippen LogP) is 2.49. The summed E-state index contributed by atoms with van der Waals surface area (Å²) >= 11 is 3.49. The van der Waals surface area contributed by atoms with E-state index in [9.17, 15) is 0 Å². The van der Waals surface area contributed by atoms with E-state index in [1.54, 1.807) is 6.20 Å². The van der Waals surface area contributed by atoms with Crippen molar-refractivity contribution in [2.45, 2.75) is 26.6 Å². The second-order valence-electron chi connectivity index (χ2n) is 4.52. The zero-order valence-electron chi connectivity index (χ0n) is 10.7. The van der Waals surface area contributed by atoms with Crippen LogP contribution in [0.1, 0.15) is 17.1 Å². The monoisotopic (exact) mass is 322 g/mol. The molecule has 0 aliphatic carbocycles. The lowest BCUT2D eigenvalue weighted by molar-refractivity contribution is 0.0807. The topological polar surface area (TPSA) is 52.0 Å². The van der Waals surface area contributed by atoms with Crippen LogP contribution in [0.2, 0.25) is 0 Å². The fourth-order valence-corrected chi connectivity index (χ4v) is 2.50. The summed E-state index contributed by atoms with van der Waals surface area (Å²) in [5.41, 5.74) is 3.38. The van der Waals surface area contributed by atoms with Crippen LogP contribution in [0, 0.1) is 6.92 Å². The number of nitrogens with one attached hydrogen (secondary N) is 1. The molecule has 2 aromatic heterocycles. The molecule has 6 heteroatoms. The van der Waals surface area contributed by atoms with Gasteiger partial charge in [0.1, 0.15) is 12.4 Å². The molecule has 0 spiro atoms. The lowest BCUT2D eigenvalue weighted by Gasteiger charge is -2.17. The summed E-state index contributed by atoms with van der Waals surface area (Å²) in [7, 11) is 0. The number of aromatic nitrogens is 3. The van der Waals surface area contributed by atoms with Crippen molar-refractivity contribution in [3.05, 3.63) is 40.1 Å². The summed E-state index contributed by atoms with van der Waals surface area (Å²) < 4.78 is 8.62. The Morgan fingerprint density at radius 1 is 1.42 bits per heavy atom.